The second-order valence-corrected chi connectivity index (χ2v) is 8.87. The van der Waals surface area contributed by atoms with Gasteiger partial charge in [0.1, 0.15) is 18.1 Å². The highest BCUT2D eigenvalue weighted by Crippen LogP contribution is 2.43. The summed E-state index contributed by atoms with van der Waals surface area (Å²) in [5, 5.41) is 11.4. The Labute approximate surface area is 198 Å². The van der Waals surface area contributed by atoms with E-state index in [9.17, 15) is 14.7 Å². The molecule has 0 aromatic heterocycles. The van der Waals surface area contributed by atoms with Crippen LogP contribution in [0.5, 0.6) is 5.75 Å². The molecule has 1 atom stereocenters. The standard InChI is InChI=1S/C28H26N2O4/c1-17-6-4-8-19(14-17)25-24(27(32)28(33)30(25)21-9-5-7-18(2)15-21)26(31)20-10-11-23-22(16-20)29(3)12-13-34-23/h4-11,14-16,25,31H,12-13H2,1-3H3/b26-24-. The van der Waals surface area contributed by atoms with Gasteiger partial charge in [0.2, 0.25) is 0 Å². The number of ketones is 1. The lowest BCUT2D eigenvalue weighted by atomic mass is 9.94. The molecule has 0 saturated carbocycles. The third-order valence-corrected chi connectivity index (χ3v) is 6.41. The second kappa shape index (κ2) is 8.37. The lowest BCUT2D eigenvalue weighted by Gasteiger charge is -2.28. The smallest absolute Gasteiger partial charge is 0.300 e. The molecule has 1 fully saturated rings. The van der Waals surface area contributed by atoms with E-state index in [1.807, 2.05) is 74.3 Å². The molecule has 1 amide bonds. The van der Waals surface area contributed by atoms with Gasteiger partial charge in [0.05, 0.1) is 23.8 Å². The minimum absolute atomic E-state index is 0.0800. The first-order valence-electron chi connectivity index (χ1n) is 11.3. The van der Waals surface area contributed by atoms with Crippen LogP contribution in [-0.2, 0) is 9.59 Å². The zero-order valence-electron chi connectivity index (χ0n) is 19.4. The molecule has 1 saturated heterocycles. The van der Waals surface area contributed by atoms with Crippen molar-refractivity contribution in [3.8, 4) is 5.75 Å². The zero-order chi connectivity index (χ0) is 24.0. The first-order chi connectivity index (χ1) is 16.3. The summed E-state index contributed by atoms with van der Waals surface area (Å²) < 4.78 is 5.71. The fourth-order valence-electron chi connectivity index (χ4n) is 4.69. The number of likely N-dealkylation sites (N-methyl/N-ethyl adjacent to an activating group) is 1. The number of aryl methyl sites for hydroxylation is 2. The summed E-state index contributed by atoms with van der Waals surface area (Å²) in [6.45, 7) is 5.21. The Balaban J connectivity index is 1.71. The van der Waals surface area contributed by atoms with E-state index in [2.05, 4.69) is 0 Å². The van der Waals surface area contributed by atoms with Crippen molar-refractivity contribution in [2.24, 2.45) is 0 Å². The number of hydrogen-bond acceptors (Lipinski definition) is 5. The highest BCUT2D eigenvalue weighted by molar-refractivity contribution is 6.51. The molecule has 34 heavy (non-hydrogen) atoms. The molecular formula is C28H26N2O4. The van der Waals surface area contributed by atoms with E-state index >= 15 is 0 Å². The first-order valence-corrected chi connectivity index (χ1v) is 11.3. The van der Waals surface area contributed by atoms with Crippen LogP contribution < -0.4 is 14.5 Å². The molecular weight excluding hydrogens is 428 g/mol. The summed E-state index contributed by atoms with van der Waals surface area (Å²) in [4.78, 5) is 30.2. The number of aliphatic hydroxyl groups is 1. The Morgan fingerprint density at radius 1 is 0.971 bits per heavy atom. The average Bonchev–Trinajstić information content (AvgIpc) is 3.09. The van der Waals surface area contributed by atoms with E-state index in [4.69, 9.17) is 4.74 Å². The van der Waals surface area contributed by atoms with Gasteiger partial charge in [-0.15, -0.1) is 0 Å². The normalized spacial score (nSPS) is 19.2. The Bertz CT molecular complexity index is 1340. The van der Waals surface area contributed by atoms with Gasteiger partial charge in [0.25, 0.3) is 11.7 Å². The van der Waals surface area contributed by atoms with Crippen LogP contribution >= 0.6 is 0 Å². The van der Waals surface area contributed by atoms with Crippen LogP contribution in [0.2, 0.25) is 0 Å². The van der Waals surface area contributed by atoms with E-state index in [0.29, 0.717) is 17.9 Å². The molecule has 6 nitrogen and oxygen atoms in total. The molecule has 6 heteroatoms. The van der Waals surface area contributed by atoms with Crippen LogP contribution in [0.1, 0.15) is 28.3 Å². The fraction of sp³-hybridized carbons (Fsp3) is 0.214. The molecule has 3 aromatic carbocycles. The first kappa shape index (κ1) is 21.8. The van der Waals surface area contributed by atoms with Crippen molar-refractivity contribution in [2.75, 3.05) is 30.0 Å². The van der Waals surface area contributed by atoms with E-state index in [1.54, 1.807) is 18.2 Å². The van der Waals surface area contributed by atoms with E-state index in [1.165, 1.54) is 4.90 Å². The van der Waals surface area contributed by atoms with Crippen LogP contribution in [0.3, 0.4) is 0 Å². The van der Waals surface area contributed by atoms with Gasteiger partial charge in [-0.3, -0.25) is 14.5 Å². The van der Waals surface area contributed by atoms with Crippen molar-refractivity contribution in [1.29, 1.82) is 0 Å². The summed E-state index contributed by atoms with van der Waals surface area (Å²) in [5.41, 5.74) is 4.73. The van der Waals surface area contributed by atoms with Crippen molar-refractivity contribution < 1.29 is 19.4 Å². The number of Topliss-reactive ketones (excluding diaryl/α,β-unsaturated/α-hetero) is 1. The molecule has 2 aliphatic heterocycles. The van der Waals surface area contributed by atoms with Gasteiger partial charge in [-0.25, -0.2) is 0 Å². The minimum Gasteiger partial charge on any atom is -0.507 e. The molecule has 1 unspecified atom stereocenters. The summed E-state index contributed by atoms with van der Waals surface area (Å²) >= 11 is 0. The van der Waals surface area contributed by atoms with Crippen molar-refractivity contribution >= 4 is 28.8 Å². The van der Waals surface area contributed by atoms with Crippen molar-refractivity contribution in [3.63, 3.8) is 0 Å². The van der Waals surface area contributed by atoms with Gasteiger partial charge in [0, 0.05) is 18.3 Å². The number of carbonyl (C=O) groups excluding carboxylic acids is 2. The maximum Gasteiger partial charge on any atom is 0.300 e. The SMILES string of the molecule is Cc1cccc(C2/C(=C(/O)c3ccc4c(c3)N(C)CCO4)C(=O)C(=O)N2c2cccc(C)c2)c1. The predicted octanol–water partition coefficient (Wildman–Crippen LogP) is 4.76. The van der Waals surface area contributed by atoms with Crippen molar-refractivity contribution in [1.82, 2.24) is 0 Å². The number of rotatable bonds is 3. The molecule has 0 spiro atoms. The van der Waals surface area contributed by atoms with E-state index in [-0.39, 0.29) is 11.3 Å². The van der Waals surface area contributed by atoms with Gasteiger partial charge in [-0.2, -0.15) is 0 Å². The monoisotopic (exact) mass is 454 g/mol. The second-order valence-electron chi connectivity index (χ2n) is 8.87. The Hall–Kier alpha value is -4.06. The maximum absolute atomic E-state index is 13.4. The number of aliphatic hydroxyl groups excluding tert-OH is 1. The third-order valence-electron chi connectivity index (χ3n) is 6.41. The molecule has 2 heterocycles. The summed E-state index contributed by atoms with van der Waals surface area (Å²) in [5.74, 6) is -0.826. The molecule has 0 radical (unpaired) electrons. The Morgan fingerprint density at radius 2 is 1.71 bits per heavy atom. The number of nitrogens with zero attached hydrogens (tertiary/aromatic N) is 2. The predicted molar refractivity (Wildman–Crippen MR) is 132 cm³/mol. The molecule has 172 valence electrons. The third kappa shape index (κ3) is 3.61. The highest BCUT2D eigenvalue weighted by atomic mass is 16.5. The number of ether oxygens (including phenoxy) is 1. The zero-order valence-corrected chi connectivity index (χ0v) is 19.4. The molecule has 0 aliphatic carbocycles. The molecule has 0 bridgehead atoms. The van der Waals surface area contributed by atoms with Crippen molar-refractivity contribution in [3.05, 3.63) is 94.6 Å². The molecule has 2 aliphatic rings. The average molecular weight is 455 g/mol. The lowest BCUT2D eigenvalue weighted by Crippen LogP contribution is -2.29. The molecule has 1 N–H and O–H groups in total. The maximum atomic E-state index is 13.4. The van der Waals surface area contributed by atoms with Gasteiger partial charge in [-0.1, -0.05) is 42.0 Å². The van der Waals surface area contributed by atoms with Crippen LogP contribution in [-0.4, -0.2) is 37.0 Å². The summed E-state index contributed by atoms with van der Waals surface area (Å²) in [7, 11) is 1.95. The highest BCUT2D eigenvalue weighted by Gasteiger charge is 2.47. The van der Waals surface area contributed by atoms with Gasteiger partial charge in [0.15, 0.2) is 0 Å². The van der Waals surface area contributed by atoms with Gasteiger partial charge < -0.3 is 14.7 Å². The molecule has 3 aromatic rings. The quantitative estimate of drug-likeness (QED) is 0.351. The van der Waals surface area contributed by atoms with Gasteiger partial charge in [-0.05, 0) is 55.3 Å². The van der Waals surface area contributed by atoms with E-state index < -0.39 is 17.7 Å². The Morgan fingerprint density at radius 3 is 2.44 bits per heavy atom. The topological polar surface area (TPSA) is 70.1 Å². The number of fused-ring (bicyclic) bond motifs is 1. The number of amides is 1. The molecule has 5 rings (SSSR count). The number of carbonyl (C=O) groups is 2. The summed E-state index contributed by atoms with van der Waals surface area (Å²) in [6.07, 6.45) is 0. The van der Waals surface area contributed by atoms with Crippen LogP contribution in [0.15, 0.2) is 72.3 Å². The van der Waals surface area contributed by atoms with Crippen LogP contribution in [0.25, 0.3) is 5.76 Å². The number of hydrogen-bond donors (Lipinski definition) is 1. The van der Waals surface area contributed by atoms with E-state index in [0.717, 1.165) is 34.7 Å². The minimum atomic E-state index is -0.744. The van der Waals surface area contributed by atoms with Crippen LogP contribution in [0, 0.1) is 13.8 Å². The van der Waals surface area contributed by atoms with Crippen LogP contribution in [0.4, 0.5) is 11.4 Å². The van der Waals surface area contributed by atoms with Crippen molar-refractivity contribution in [2.45, 2.75) is 19.9 Å². The summed E-state index contributed by atoms with van der Waals surface area (Å²) in [6, 6.07) is 19.7. The fourth-order valence-corrected chi connectivity index (χ4v) is 4.69. The Kier molecular flexibility index (Phi) is 5.36. The van der Waals surface area contributed by atoms with Gasteiger partial charge >= 0.3 is 0 Å². The largest absolute Gasteiger partial charge is 0.507 e. The number of anilines is 2. The lowest BCUT2D eigenvalue weighted by molar-refractivity contribution is -0.132. The number of benzene rings is 3.